The highest BCUT2D eigenvalue weighted by Crippen LogP contribution is 2.04. The number of halogens is 1. The average molecular weight is 230 g/mol. The highest BCUT2D eigenvalue weighted by atomic mass is 35.5. The summed E-state index contributed by atoms with van der Waals surface area (Å²) in [4.78, 5) is 22.1. The van der Waals surface area contributed by atoms with Gasteiger partial charge in [0.05, 0.1) is 12.1 Å². The maximum absolute atomic E-state index is 11.3. The van der Waals surface area contributed by atoms with Crippen LogP contribution in [0.1, 0.15) is 12.8 Å². The van der Waals surface area contributed by atoms with Gasteiger partial charge in [0.15, 0.2) is 0 Å². The summed E-state index contributed by atoms with van der Waals surface area (Å²) in [5, 5.41) is 0.507. The highest BCUT2D eigenvalue weighted by molar-refractivity contribution is 6.30. The molecular formula is C10H12ClNO3. The van der Waals surface area contributed by atoms with Gasteiger partial charge in [0, 0.05) is 25.2 Å². The first-order valence-corrected chi connectivity index (χ1v) is 4.94. The van der Waals surface area contributed by atoms with Crippen LogP contribution in [0.15, 0.2) is 23.1 Å². The van der Waals surface area contributed by atoms with E-state index in [2.05, 4.69) is 4.74 Å². The lowest BCUT2D eigenvalue weighted by Crippen LogP contribution is -2.18. The molecular weight excluding hydrogens is 218 g/mol. The molecule has 1 aromatic rings. The zero-order valence-electron chi connectivity index (χ0n) is 8.40. The van der Waals surface area contributed by atoms with Crippen LogP contribution in [0.25, 0.3) is 0 Å². The van der Waals surface area contributed by atoms with Crippen LogP contribution in [0.5, 0.6) is 0 Å². The van der Waals surface area contributed by atoms with Crippen LogP contribution in [0.2, 0.25) is 5.02 Å². The number of aromatic nitrogens is 1. The summed E-state index contributed by atoms with van der Waals surface area (Å²) >= 11 is 5.73. The Morgan fingerprint density at radius 3 is 2.93 bits per heavy atom. The van der Waals surface area contributed by atoms with Crippen molar-refractivity contribution in [3.05, 3.63) is 33.7 Å². The van der Waals surface area contributed by atoms with E-state index in [1.54, 1.807) is 12.3 Å². The van der Waals surface area contributed by atoms with Crippen LogP contribution in [0, 0.1) is 0 Å². The Hall–Kier alpha value is -1.29. The van der Waals surface area contributed by atoms with E-state index in [4.69, 9.17) is 11.6 Å². The van der Waals surface area contributed by atoms with Crippen molar-refractivity contribution in [1.29, 1.82) is 0 Å². The van der Waals surface area contributed by atoms with Gasteiger partial charge in [-0.2, -0.15) is 0 Å². The number of ether oxygens (including phenoxy) is 1. The predicted octanol–water partition coefficient (Wildman–Crippen LogP) is 1.45. The molecule has 1 rings (SSSR count). The Balaban J connectivity index is 2.54. The number of nitrogens with zero attached hydrogens (tertiary/aromatic N) is 1. The molecule has 0 bridgehead atoms. The zero-order valence-corrected chi connectivity index (χ0v) is 9.16. The number of rotatable bonds is 4. The van der Waals surface area contributed by atoms with Crippen molar-refractivity contribution < 1.29 is 9.53 Å². The van der Waals surface area contributed by atoms with Gasteiger partial charge in [0.2, 0.25) is 0 Å². The SMILES string of the molecule is COC(=O)CCCn1cc(Cl)ccc1=O. The number of pyridine rings is 1. The van der Waals surface area contributed by atoms with E-state index in [1.165, 1.54) is 17.7 Å². The summed E-state index contributed by atoms with van der Waals surface area (Å²) in [6.45, 7) is 0.467. The maximum Gasteiger partial charge on any atom is 0.305 e. The van der Waals surface area contributed by atoms with Crippen LogP contribution >= 0.6 is 11.6 Å². The normalized spacial score (nSPS) is 10.0. The van der Waals surface area contributed by atoms with Crippen molar-refractivity contribution in [2.24, 2.45) is 0 Å². The van der Waals surface area contributed by atoms with Crippen LogP contribution in [-0.2, 0) is 16.1 Å². The molecule has 0 aliphatic heterocycles. The summed E-state index contributed by atoms with van der Waals surface area (Å²) in [5.41, 5.74) is -0.121. The maximum atomic E-state index is 11.3. The smallest absolute Gasteiger partial charge is 0.305 e. The summed E-state index contributed by atoms with van der Waals surface area (Å²) < 4.78 is 5.97. The van der Waals surface area contributed by atoms with Crippen molar-refractivity contribution in [2.75, 3.05) is 7.11 Å². The van der Waals surface area contributed by atoms with Gasteiger partial charge >= 0.3 is 5.97 Å². The molecule has 0 atom stereocenters. The largest absolute Gasteiger partial charge is 0.469 e. The third kappa shape index (κ3) is 3.75. The number of carbonyl (C=O) groups is 1. The van der Waals surface area contributed by atoms with Crippen molar-refractivity contribution in [1.82, 2.24) is 4.57 Å². The summed E-state index contributed by atoms with van der Waals surface area (Å²) in [5.74, 6) is -0.273. The van der Waals surface area contributed by atoms with Gasteiger partial charge in [-0.25, -0.2) is 0 Å². The minimum absolute atomic E-state index is 0.121. The monoisotopic (exact) mass is 229 g/mol. The molecule has 0 spiro atoms. The van der Waals surface area contributed by atoms with Crippen LogP contribution in [0.4, 0.5) is 0 Å². The number of aryl methyl sites for hydroxylation is 1. The molecule has 0 radical (unpaired) electrons. The van der Waals surface area contributed by atoms with E-state index in [-0.39, 0.29) is 11.5 Å². The Labute approximate surface area is 92.4 Å². The Morgan fingerprint density at radius 2 is 2.27 bits per heavy atom. The Bertz CT molecular complexity index is 400. The van der Waals surface area contributed by atoms with Gasteiger partial charge in [-0.15, -0.1) is 0 Å². The number of carbonyl (C=O) groups excluding carboxylic acids is 1. The predicted molar refractivity (Wildman–Crippen MR) is 57.0 cm³/mol. The second-order valence-electron chi connectivity index (χ2n) is 3.06. The minimum atomic E-state index is -0.273. The molecule has 0 unspecified atom stereocenters. The minimum Gasteiger partial charge on any atom is -0.469 e. The quantitative estimate of drug-likeness (QED) is 0.735. The molecule has 0 saturated heterocycles. The Kier molecular flexibility index (Phi) is 4.37. The van der Waals surface area contributed by atoms with E-state index in [9.17, 15) is 9.59 Å². The number of hydrogen-bond acceptors (Lipinski definition) is 3. The summed E-state index contributed by atoms with van der Waals surface area (Å²) in [6, 6.07) is 2.95. The van der Waals surface area contributed by atoms with E-state index in [0.717, 1.165) is 0 Å². The molecule has 15 heavy (non-hydrogen) atoms. The van der Waals surface area contributed by atoms with E-state index >= 15 is 0 Å². The standard InChI is InChI=1S/C10H12ClNO3/c1-15-10(14)3-2-6-12-7-8(11)4-5-9(12)13/h4-5,7H,2-3,6H2,1H3. The third-order valence-corrected chi connectivity index (χ3v) is 2.18. The topological polar surface area (TPSA) is 48.3 Å². The van der Waals surface area contributed by atoms with Crippen LogP contribution in [0.3, 0.4) is 0 Å². The molecule has 0 amide bonds. The fraction of sp³-hybridized carbons (Fsp3) is 0.400. The van der Waals surface area contributed by atoms with Gasteiger partial charge in [-0.1, -0.05) is 11.6 Å². The first-order chi connectivity index (χ1) is 7.13. The van der Waals surface area contributed by atoms with Gasteiger partial charge in [0.1, 0.15) is 0 Å². The van der Waals surface area contributed by atoms with Gasteiger partial charge in [-0.05, 0) is 12.5 Å². The van der Waals surface area contributed by atoms with Crippen molar-refractivity contribution >= 4 is 17.6 Å². The van der Waals surface area contributed by atoms with E-state index in [0.29, 0.717) is 24.4 Å². The molecule has 0 saturated carbocycles. The van der Waals surface area contributed by atoms with Gasteiger partial charge < -0.3 is 9.30 Å². The van der Waals surface area contributed by atoms with Crippen molar-refractivity contribution in [2.45, 2.75) is 19.4 Å². The molecule has 0 aliphatic carbocycles. The van der Waals surface area contributed by atoms with E-state index in [1.807, 2.05) is 0 Å². The third-order valence-electron chi connectivity index (χ3n) is 1.95. The van der Waals surface area contributed by atoms with Crippen molar-refractivity contribution in [3.63, 3.8) is 0 Å². The molecule has 4 nitrogen and oxygen atoms in total. The van der Waals surface area contributed by atoms with Crippen LogP contribution in [-0.4, -0.2) is 17.6 Å². The van der Waals surface area contributed by atoms with Gasteiger partial charge in [0.25, 0.3) is 5.56 Å². The zero-order chi connectivity index (χ0) is 11.3. The number of hydrogen-bond donors (Lipinski definition) is 0. The van der Waals surface area contributed by atoms with Crippen LogP contribution < -0.4 is 5.56 Å². The molecule has 0 fully saturated rings. The first-order valence-electron chi connectivity index (χ1n) is 4.56. The van der Waals surface area contributed by atoms with E-state index < -0.39 is 0 Å². The number of methoxy groups -OCH3 is 1. The molecule has 0 aliphatic rings. The second-order valence-corrected chi connectivity index (χ2v) is 3.50. The Morgan fingerprint density at radius 1 is 1.53 bits per heavy atom. The number of esters is 1. The van der Waals surface area contributed by atoms with Gasteiger partial charge in [-0.3, -0.25) is 9.59 Å². The molecule has 0 aromatic carbocycles. The average Bonchev–Trinajstić information content (AvgIpc) is 2.23. The molecule has 82 valence electrons. The lowest BCUT2D eigenvalue weighted by Gasteiger charge is -2.04. The second kappa shape index (κ2) is 5.56. The van der Waals surface area contributed by atoms with Crippen molar-refractivity contribution in [3.8, 4) is 0 Å². The molecule has 5 heteroatoms. The molecule has 1 heterocycles. The fourth-order valence-corrected chi connectivity index (χ4v) is 1.35. The molecule has 1 aromatic heterocycles. The molecule has 0 N–H and O–H groups in total. The fourth-order valence-electron chi connectivity index (χ4n) is 1.17. The summed E-state index contributed by atoms with van der Waals surface area (Å²) in [7, 11) is 1.34. The first kappa shape index (κ1) is 11.8. The summed E-state index contributed by atoms with van der Waals surface area (Å²) in [6.07, 6.45) is 2.42. The lowest BCUT2D eigenvalue weighted by atomic mass is 10.3. The highest BCUT2D eigenvalue weighted by Gasteiger charge is 2.01. The lowest BCUT2D eigenvalue weighted by molar-refractivity contribution is -0.140.